The molecule has 38 heavy (non-hydrogen) atoms. The predicted molar refractivity (Wildman–Crippen MR) is 131 cm³/mol. The Balaban J connectivity index is 2.94. The topological polar surface area (TPSA) is 172 Å². The fraction of sp³-hybridized carbons (Fsp3) is 0.346. The Kier molecular flexibility index (Phi) is 13.1. The number of hydrogen-bond acceptors (Lipinski definition) is 12. The summed E-state index contributed by atoms with van der Waals surface area (Å²) in [6, 6.07) is 3.33. The molecule has 2 unspecified atom stereocenters. The highest BCUT2D eigenvalue weighted by atomic mass is 16.6. The van der Waals surface area contributed by atoms with Crippen molar-refractivity contribution >= 4 is 29.8 Å². The van der Waals surface area contributed by atoms with Gasteiger partial charge in [-0.15, -0.1) is 0 Å². The number of aliphatic hydroxyl groups excluding tert-OH is 2. The highest BCUT2D eigenvalue weighted by molar-refractivity contribution is 6.05. The van der Waals surface area contributed by atoms with Crippen LogP contribution in [-0.2, 0) is 33.3 Å². The van der Waals surface area contributed by atoms with Crippen LogP contribution in [0.1, 0.15) is 44.9 Å². The van der Waals surface area contributed by atoms with E-state index in [1.807, 2.05) is 0 Å². The van der Waals surface area contributed by atoms with Crippen LogP contribution in [0, 0.1) is 0 Å². The first kappa shape index (κ1) is 31.7. The van der Waals surface area contributed by atoms with E-state index in [2.05, 4.69) is 19.7 Å². The summed E-state index contributed by atoms with van der Waals surface area (Å²) in [5.74, 6) is -4.45. The number of rotatable bonds is 15. The van der Waals surface area contributed by atoms with Gasteiger partial charge in [0.15, 0.2) is 0 Å². The molecule has 0 aromatic heterocycles. The summed E-state index contributed by atoms with van der Waals surface area (Å²) < 4.78 is 24.5. The Morgan fingerprint density at radius 3 is 1.66 bits per heavy atom. The van der Waals surface area contributed by atoms with Crippen molar-refractivity contribution in [3.63, 3.8) is 0 Å². The highest BCUT2D eigenvalue weighted by Gasteiger charge is 2.24. The minimum absolute atomic E-state index is 0.112. The van der Waals surface area contributed by atoms with Crippen LogP contribution in [-0.4, -0.2) is 85.3 Å². The molecule has 0 spiro atoms. The second-order valence-electron chi connectivity index (χ2n) is 7.91. The molecule has 0 aliphatic carbocycles. The van der Waals surface area contributed by atoms with E-state index in [1.54, 1.807) is 0 Å². The molecule has 1 rings (SSSR count). The zero-order valence-electron chi connectivity index (χ0n) is 21.1. The Morgan fingerprint density at radius 1 is 0.737 bits per heavy atom. The van der Waals surface area contributed by atoms with Crippen LogP contribution in [0.3, 0.4) is 0 Å². The van der Waals surface area contributed by atoms with E-state index in [1.165, 1.54) is 26.0 Å². The van der Waals surface area contributed by atoms with E-state index in [0.717, 1.165) is 12.1 Å². The van der Waals surface area contributed by atoms with Crippen molar-refractivity contribution in [2.24, 2.45) is 0 Å². The molecule has 12 heteroatoms. The highest BCUT2D eigenvalue weighted by Crippen LogP contribution is 2.17. The van der Waals surface area contributed by atoms with Crippen molar-refractivity contribution in [2.45, 2.75) is 26.1 Å². The normalized spacial score (nSPS) is 11.8. The number of benzene rings is 1. The number of ether oxygens (including phenoxy) is 5. The summed E-state index contributed by atoms with van der Waals surface area (Å²) in [6.45, 7) is 10.8. The van der Waals surface area contributed by atoms with Gasteiger partial charge < -0.3 is 33.9 Å². The van der Waals surface area contributed by atoms with Crippen molar-refractivity contribution in [1.82, 2.24) is 0 Å². The lowest BCUT2D eigenvalue weighted by atomic mass is 10.0. The van der Waals surface area contributed by atoms with E-state index in [-0.39, 0.29) is 34.4 Å². The van der Waals surface area contributed by atoms with Crippen LogP contribution in [0.5, 0.6) is 0 Å². The summed E-state index contributed by atoms with van der Waals surface area (Å²) in [4.78, 5) is 60.4. The van der Waals surface area contributed by atoms with E-state index in [4.69, 9.17) is 23.7 Å². The third-order valence-electron chi connectivity index (χ3n) is 4.35. The molecule has 0 amide bonds. The average molecular weight is 535 g/mol. The number of carbonyl (C=O) groups is 5. The number of hydrogen-bond donors (Lipinski definition) is 2. The molecule has 2 atom stereocenters. The molecule has 0 saturated carbocycles. The first-order valence-electron chi connectivity index (χ1n) is 11.1. The lowest BCUT2D eigenvalue weighted by molar-refractivity contribution is -0.143. The van der Waals surface area contributed by atoms with Crippen LogP contribution < -0.4 is 0 Å². The molecule has 0 bridgehead atoms. The monoisotopic (exact) mass is 534 g/mol. The minimum Gasteiger partial charge on any atom is -0.459 e. The first-order valence-corrected chi connectivity index (χ1v) is 11.1. The van der Waals surface area contributed by atoms with Crippen LogP contribution in [0.2, 0.25) is 0 Å². The van der Waals surface area contributed by atoms with Gasteiger partial charge in [-0.25, -0.2) is 24.0 Å². The number of esters is 5. The van der Waals surface area contributed by atoms with Crippen molar-refractivity contribution < 1.29 is 57.9 Å². The van der Waals surface area contributed by atoms with Crippen molar-refractivity contribution in [1.29, 1.82) is 0 Å². The van der Waals surface area contributed by atoms with E-state index < -0.39 is 68.5 Å². The van der Waals surface area contributed by atoms with Crippen molar-refractivity contribution in [2.75, 3.05) is 33.0 Å². The zero-order chi connectivity index (χ0) is 28.8. The summed E-state index contributed by atoms with van der Waals surface area (Å²) >= 11 is 0. The molecule has 0 saturated heterocycles. The van der Waals surface area contributed by atoms with Gasteiger partial charge in [0.1, 0.15) is 45.2 Å². The lowest BCUT2D eigenvalue weighted by Crippen LogP contribution is -2.27. The number of carbonyl (C=O) groups excluding carboxylic acids is 5. The van der Waals surface area contributed by atoms with Gasteiger partial charge in [0.05, 0.1) is 16.7 Å². The molecular weight excluding hydrogens is 504 g/mol. The summed E-state index contributed by atoms with van der Waals surface area (Å²) in [5, 5.41) is 19.8. The van der Waals surface area contributed by atoms with Crippen molar-refractivity contribution in [3.8, 4) is 0 Å². The van der Waals surface area contributed by atoms with Gasteiger partial charge in [0.2, 0.25) is 0 Å². The molecule has 0 fully saturated rings. The van der Waals surface area contributed by atoms with Crippen LogP contribution >= 0.6 is 0 Å². The molecule has 0 aliphatic rings. The van der Waals surface area contributed by atoms with Crippen LogP contribution in [0.25, 0.3) is 0 Å². The van der Waals surface area contributed by atoms with Gasteiger partial charge >= 0.3 is 29.8 Å². The Labute approximate surface area is 219 Å². The van der Waals surface area contributed by atoms with Gasteiger partial charge in [-0.3, -0.25) is 0 Å². The Morgan fingerprint density at radius 2 is 1.18 bits per heavy atom. The fourth-order valence-electron chi connectivity index (χ4n) is 2.42. The molecule has 12 nitrogen and oxygen atoms in total. The van der Waals surface area contributed by atoms with E-state index >= 15 is 0 Å². The summed E-state index contributed by atoms with van der Waals surface area (Å²) in [6.07, 6.45) is -1.41. The second kappa shape index (κ2) is 15.7. The van der Waals surface area contributed by atoms with Gasteiger partial charge in [-0.05, 0) is 32.0 Å². The molecule has 0 aliphatic heterocycles. The third kappa shape index (κ3) is 10.8. The van der Waals surface area contributed by atoms with E-state index in [9.17, 15) is 34.2 Å². The van der Waals surface area contributed by atoms with Crippen LogP contribution in [0.4, 0.5) is 0 Å². The van der Waals surface area contributed by atoms with Crippen LogP contribution in [0.15, 0.2) is 55.2 Å². The maximum atomic E-state index is 12.7. The minimum atomic E-state index is -1.38. The van der Waals surface area contributed by atoms with Crippen molar-refractivity contribution in [3.05, 3.63) is 71.8 Å². The van der Waals surface area contributed by atoms with Gasteiger partial charge in [-0.2, -0.15) is 0 Å². The zero-order valence-corrected chi connectivity index (χ0v) is 21.1. The molecule has 0 heterocycles. The maximum Gasteiger partial charge on any atom is 0.339 e. The van der Waals surface area contributed by atoms with E-state index in [0.29, 0.717) is 0 Å². The molecule has 2 N–H and O–H groups in total. The molecular formula is C26H30O12. The standard InChI is InChI=1S/C26H30O12/c1-6-9-34-25(32)20-8-7-17(24(31)37-13-18(27)11-35-22(29)15(2)3)10-21(20)26(33)38-14-19(28)12-36-23(30)16(4)5/h6-8,10,18-19,27-28H,1-2,4,9,11-14H2,3,5H3. The summed E-state index contributed by atoms with van der Waals surface area (Å²) in [5.41, 5.74) is -0.570. The van der Waals surface area contributed by atoms with Gasteiger partial charge in [0.25, 0.3) is 0 Å². The van der Waals surface area contributed by atoms with Gasteiger partial charge in [-0.1, -0.05) is 25.8 Å². The molecule has 206 valence electrons. The average Bonchev–Trinajstić information content (AvgIpc) is 2.89. The maximum absolute atomic E-state index is 12.7. The number of aliphatic hydroxyl groups is 2. The largest absolute Gasteiger partial charge is 0.459 e. The first-order chi connectivity index (χ1) is 17.9. The quantitative estimate of drug-likeness (QED) is 0.143. The molecule has 1 aromatic carbocycles. The smallest absolute Gasteiger partial charge is 0.339 e. The third-order valence-corrected chi connectivity index (χ3v) is 4.35. The fourth-order valence-corrected chi connectivity index (χ4v) is 2.42. The predicted octanol–water partition coefficient (Wildman–Crippen LogP) is 1.30. The second-order valence-corrected chi connectivity index (χ2v) is 7.91. The Hall–Kier alpha value is -4.29. The van der Waals surface area contributed by atoms with Gasteiger partial charge in [0, 0.05) is 11.1 Å². The molecule has 0 radical (unpaired) electrons. The Bertz CT molecular complexity index is 1090. The molecule has 1 aromatic rings. The SMILES string of the molecule is C=CCOC(=O)c1ccc(C(=O)OCC(O)COC(=O)C(=C)C)cc1C(=O)OCC(O)COC(=O)C(=C)C. The summed E-state index contributed by atoms with van der Waals surface area (Å²) in [7, 11) is 0. The lowest BCUT2D eigenvalue weighted by Gasteiger charge is -2.15.